The monoisotopic (exact) mass is 343 g/mol. The van der Waals surface area contributed by atoms with Gasteiger partial charge in [0.1, 0.15) is 0 Å². The Hall–Kier alpha value is -2.18. The normalized spacial score (nSPS) is 20.9. The molecule has 134 valence electrons. The van der Waals surface area contributed by atoms with Crippen LogP contribution in [0.5, 0.6) is 0 Å². The number of likely N-dealkylation sites (tertiary alicyclic amines) is 1. The van der Waals surface area contributed by atoms with E-state index in [1.54, 1.807) is 4.68 Å². The molecule has 0 N–H and O–H groups in total. The summed E-state index contributed by atoms with van der Waals surface area (Å²) in [5.41, 5.74) is 2.48. The van der Waals surface area contributed by atoms with Crippen LogP contribution < -0.4 is 0 Å². The molecule has 7 nitrogen and oxygen atoms in total. The van der Waals surface area contributed by atoms with Gasteiger partial charge in [-0.1, -0.05) is 5.16 Å². The average Bonchev–Trinajstić information content (AvgIpc) is 3.29. The lowest BCUT2D eigenvalue weighted by Gasteiger charge is -2.32. The summed E-state index contributed by atoms with van der Waals surface area (Å²) < 4.78 is 7.19. The molecular formula is C18H25N5O2. The molecule has 7 heteroatoms. The summed E-state index contributed by atoms with van der Waals surface area (Å²) in [6, 6.07) is 0. The molecule has 0 bridgehead atoms. The van der Waals surface area contributed by atoms with E-state index in [0.29, 0.717) is 11.8 Å². The second-order valence-corrected chi connectivity index (χ2v) is 7.45. The minimum Gasteiger partial charge on any atom is -0.339 e. The molecule has 0 spiro atoms. The molecule has 4 rings (SSSR count). The van der Waals surface area contributed by atoms with Gasteiger partial charge in [0.2, 0.25) is 5.89 Å². The van der Waals surface area contributed by atoms with Crippen LogP contribution >= 0.6 is 0 Å². The predicted octanol–water partition coefficient (Wildman–Crippen LogP) is 2.39. The van der Waals surface area contributed by atoms with Crippen LogP contribution in [0.4, 0.5) is 0 Å². The second-order valence-electron chi connectivity index (χ2n) is 7.45. The highest BCUT2D eigenvalue weighted by atomic mass is 16.5. The Morgan fingerprint density at radius 2 is 2.08 bits per heavy atom. The van der Waals surface area contributed by atoms with Crippen LogP contribution in [-0.2, 0) is 13.5 Å². The van der Waals surface area contributed by atoms with E-state index in [-0.39, 0.29) is 5.91 Å². The average molecular weight is 343 g/mol. The van der Waals surface area contributed by atoms with Crippen LogP contribution in [0.25, 0.3) is 0 Å². The zero-order chi connectivity index (χ0) is 17.6. The zero-order valence-corrected chi connectivity index (χ0v) is 15.2. The fourth-order valence-electron chi connectivity index (χ4n) is 3.76. The van der Waals surface area contributed by atoms with Gasteiger partial charge in [-0.05, 0) is 45.4 Å². The smallest absolute Gasteiger partial charge is 0.257 e. The minimum atomic E-state index is 0.0944. The zero-order valence-electron chi connectivity index (χ0n) is 15.2. The molecule has 0 aromatic carbocycles. The third-order valence-corrected chi connectivity index (χ3v) is 5.42. The van der Waals surface area contributed by atoms with Crippen molar-refractivity contribution >= 4 is 5.91 Å². The first-order chi connectivity index (χ1) is 12.0. The molecule has 1 aliphatic carbocycles. The quantitative estimate of drug-likeness (QED) is 0.852. The lowest BCUT2D eigenvalue weighted by Crippen LogP contribution is -2.41. The molecule has 1 atom stereocenters. The van der Waals surface area contributed by atoms with Crippen LogP contribution in [0.2, 0.25) is 0 Å². The highest BCUT2D eigenvalue weighted by Crippen LogP contribution is 2.38. The molecule has 2 aromatic heterocycles. The molecule has 25 heavy (non-hydrogen) atoms. The van der Waals surface area contributed by atoms with Gasteiger partial charge in [-0.15, -0.1) is 0 Å². The Morgan fingerprint density at radius 3 is 2.76 bits per heavy atom. The number of aryl methyl sites for hydroxylation is 2. The van der Waals surface area contributed by atoms with E-state index in [4.69, 9.17) is 4.52 Å². The van der Waals surface area contributed by atoms with Crippen LogP contribution in [-0.4, -0.2) is 43.8 Å². The molecule has 2 aromatic rings. The van der Waals surface area contributed by atoms with Crippen molar-refractivity contribution in [2.75, 3.05) is 13.1 Å². The summed E-state index contributed by atoms with van der Waals surface area (Å²) >= 11 is 0. The number of amides is 1. The van der Waals surface area contributed by atoms with Gasteiger partial charge in [0.05, 0.1) is 11.3 Å². The van der Waals surface area contributed by atoms with Crippen LogP contribution in [0.15, 0.2) is 4.52 Å². The van der Waals surface area contributed by atoms with Crippen molar-refractivity contribution in [3.63, 3.8) is 0 Å². The summed E-state index contributed by atoms with van der Waals surface area (Å²) in [5.74, 6) is 2.56. The number of rotatable bonds is 4. The predicted molar refractivity (Wildman–Crippen MR) is 91.3 cm³/mol. The molecule has 1 amide bonds. The van der Waals surface area contributed by atoms with Gasteiger partial charge in [0, 0.05) is 38.2 Å². The van der Waals surface area contributed by atoms with Crippen molar-refractivity contribution in [2.45, 2.75) is 51.9 Å². The number of carbonyl (C=O) groups is 1. The van der Waals surface area contributed by atoms with Crippen LogP contribution in [0.1, 0.15) is 65.1 Å². The van der Waals surface area contributed by atoms with E-state index in [1.165, 1.54) is 12.8 Å². The Labute approximate surface area is 147 Å². The van der Waals surface area contributed by atoms with Gasteiger partial charge in [0.15, 0.2) is 5.82 Å². The molecule has 3 heterocycles. The molecule has 1 saturated carbocycles. The third kappa shape index (κ3) is 3.19. The van der Waals surface area contributed by atoms with Crippen molar-refractivity contribution < 1.29 is 9.32 Å². The summed E-state index contributed by atoms with van der Waals surface area (Å²) in [7, 11) is 1.88. The maximum atomic E-state index is 13.0. The molecule has 0 radical (unpaired) electrons. The van der Waals surface area contributed by atoms with Gasteiger partial charge >= 0.3 is 0 Å². The largest absolute Gasteiger partial charge is 0.339 e. The topological polar surface area (TPSA) is 77.1 Å². The molecule has 1 saturated heterocycles. The van der Waals surface area contributed by atoms with E-state index < -0.39 is 0 Å². The van der Waals surface area contributed by atoms with Gasteiger partial charge < -0.3 is 9.42 Å². The SMILES string of the molecule is Cc1nn(C)c(C)c1C(=O)N1CCC[C@@H](Cc2nc(C3CC3)no2)C1. The first-order valence-corrected chi connectivity index (χ1v) is 9.15. The highest BCUT2D eigenvalue weighted by Gasteiger charge is 2.31. The summed E-state index contributed by atoms with van der Waals surface area (Å²) in [4.78, 5) is 19.5. The van der Waals surface area contributed by atoms with Crippen molar-refractivity contribution in [2.24, 2.45) is 13.0 Å². The molecule has 0 unspecified atom stereocenters. The number of hydrogen-bond acceptors (Lipinski definition) is 5. The van der Waals surface area contributed by atoms with Crippen molar-refractivity contribution in [1.29, 1.82) is 0 Å². The van der Waals surface area contributed by atoms with E-state index in [0.717, 1.165) is 61.0 Å². The van der Waals surface area contributed by atoms with E-state index >= 15 is 0 Å². The third-order valence-electron chi connectivity index (χ3n) is 5.42. The molecule has 2 fully saturated rings. The van der Waals surface area contributed by atoms with Crippen LogP contribution in [0.3, 0.4) is 0 Å². The Bertz CT molecular complexity index is 789. The highest BCUT2D eigenvalue weighted by molar-refractivity contribution is 5.96. The minimum absolute atomic E-state index is 0.0944. The summed E-state index contributed by atoms with van der Waals surface area (Å²) in [6.45, 7) is 5.40. The Morgan fingerprint density at radius 1 is 1.28 bits per heavy atom. The summed E-state index contributed by atoms with van der Waals surface area (Å²) in [6.07, 6.45) is 5.21. The fourth-order valence-corrected chi connectivity index (χ4v) is 3.76. The van der Waals surface area contributed by atoms with Crippen molar-refractivity contribution in [3.05, 3.63) is 28.7 Å². The Kier molecular flexibility index (Phi) is 4.09. The van der Waals surface area contributed by atoms with Gasteiger partial charge in [0.25, 0.3) is 5.91 Å². The van der Waals surface area contributed by atoms with Crippen molar-refractivity contribution in [3.8, 4) is 0 Å². The standard InChI is InChI=1S/C18H25N5O2/c1-11-16(12(2)22(3)20-11)18(24)23-8-4-5-13(10-23)9-15-19-17(21-25-15)14-6-7-14/h13-14H,4-10H2,1-3H3/t13-/m0/s1. The summed E-state index contributed by atoms with van der Waals surface area (Å²) in [5, 5.41) is 8.47. The number of nitrogens with zero attached hydrogens (tertiary/aromatic N) is 5. The number of aromatic nitrogens is 4. The van der Waals surface area contributed by atoms with E-state index in [2.05, 4.69) is 15.2 Å². The van der Waals surface area contributed by atoms with Gasteiger partial charge in [-0.25, -0.2) is 0 Å². The first-order valence-electron chi connectivity index (χ1n) is 9.15. The first kappa shape index (κ1) is 16.3. The molecule has 2 aliphatic rings. The van der Waals surface area contributed by atoms with E-state index in [9.17, 15) is 4.79 Å². The van der Waals surface area contributed by atoms with Gasteiger partial charge in [-0.3, -0.25) is 9.48 Å². The maximum absolute atomic E-state index is 13.0. The molecule has 1 aliphatic heterocycles. The second kappa shape index (κ2) is 6.28. The molecular weight excluding hydrogens is 318 g/mol. The lowest BCUT2D eigenvalue weighted by molar-refractivity contribution is 0.0666. The fraction of sp³-hybridized carbons (Fsp3) is 0.667. The number of hydrogen-bond donors (Lipinski definition) is 0. The van der Waals surface area contributed by atoms with Crippen LogP contribution in [0, 0.1) is 19.8 Å². The number of carbonyl (C=O) groups excluding carboxylic acids is 1. The number of piperidine rings is 1. The van der Waals surface area contributed by atoms with Gasteiger partial charge in [-0.2, -0.15) is 10.1 Å². The maximum Gasteiger partial charge on any atom is 0.257 e. The van der Waals surface area contributed by atoms with Crippen molar-refractivity contribution in [1.82, 2.24) is 24.8 Å². The van der Waals surface area contributed by atoms with E-state index in [1.807, 2.05) is 25.8 Å². The lowest BCUT2D eigenvalue weighted by atomic mass is 9.94. The Balaban J connectivity index is 1.43.